The molecule has 0 bridgehead atoms. The molecular weight excluding hydrogens is 255 g/mol. The largest absolute Gasteiger partial charge is 0.372 e. The number of para-hydroxylation sites is 1. The molecule has 3 nitrogen and oxygen atoms in total. The summed E-state index contributed by atoms with van der Waals surface area (Å²) in [5, 5.41) is 6.00. The van der Waals surface area contributed by atoms with Crippen molar-refractivity contribution < 1.29 is 9.18 Å². The molecule has 1 unspecified atom stereocenters. The second-order valence-electron chi connectivity index (χ2n) is 5.54. The van der Waals surface area contributed by atoms with Crippen molar-refractivity contribution in [2.75, 3.05) is 5.32 Å². The summed E-state index contributed by atoms with van der Waals surface area (Å²) >= 11 is 0. The van der Waals surface area contributed by atoms with E-state index in [0.717, 1.165) is 12.8 Å². The van der Waals surface area contributed by atoms with Crippen LogP contribution < -0.4 is 10.6 Å². The Morgan fingerprint density at radius 3 is 2.50 bits per heavy atom. The summed E-state index contributed by atoms with van der Waals surface area (Å²) in [5.74, 6) is -0.387. The van der Waals surface area contributed by atoms with Crippen LogP contribution in [0.2, 0.25) is 0 Å². The lowest BCUT2D eigenvalue weighted by Crippen LogP contribution is -2.43. The monoisotopic (exact) mass is 278 g/mol. The summed E-state index contributed by atoms with van der Waals surface area (Å²) in [5.41, 5.74) is 0.371. The lowest BCUT2D eigenvalue weighted by Gasteiger charge is -2.21. The summed E-state index contributed by atoms with van der Waals surface area (Å²) in [6, 6.07) is 6.26. The predicted molar refractivity (Wildman–Crippen MR) is 79.1 cm³/mol. The zero-order valence-electron chi connectivity index (χ0n) is 12.0. The summed E-state index contributed by atoms with van der Waals surface area (Å²) in [6.45, 7) is 1.76. The van der Waals surface area contributed by atoms with Gasteiger partial charge in [0.25, 0.3) is 0 Å². The molecule has 0 aromatic heterocycles. The van der Waals surface area contributed by atoms with Gasteiger partial charge in [0.05, 0.1) is 5.69 Å². The van der Waals surface area contributed by atoms with Crippen LogP contribution in [0.3, 0.4) is 0 Å². The molecule has 1 aliphatic rings. The van der Waals surface area contributed by atoms with Crippen molar-refractivity contribution in [3.63, 3.8) is 0 Å². The Labute approximate surface area is 120 Å². The Hall–Kier alpha value is -1.58. The molecule has 110 valence electrons. The van der Waals surface area contributed by atoms with E-state index in [1.165, 1.54) is 31.7 Å². The number of carbonyl (C=O) groups excluding carboxylic acids is 1. The number of nitrogens with one attached hydrogen (secondary N) is 2. The molecule has 0 heterocycles. The fourth-order valence-corrected chi connectivity index (χ4v) is 2.63. The zero-order chi connectivity index (χ0) is 14.4. The molecule has 1 amide bonds. The smallest absolute Gasteiger partial charge is 0.242 e. The second kappa shape index (κ2) is 7.27. The SMILES string of the molecule is CC(Nc1ccccc1F)C(=O)NC1CCCCCC1. The lowest BCUT2D eigenvalue weighted by atomic mass is 10.1. The van der Waals surface area contributed by atoms with Gasteiger partial charge in [-0.05, 0) is 31.9 Å². The molecule has 2 rings (SSSR count). The number of benzene rings is 1. The van der Waals surface area contributed by atoms with Gasteiger partial charge in [-0.2, -0.15) is 0 Å². The molecule has 1 aromatic rings. The molecule has 0 aliphatic heterocycles. The molecule has 1 saturated carbocycles. The number of amides is 1. The fraction of sp³-hybridized carbons (Fsp3) is 0.562. The van der Waals surface area contributed by atoms with Gasteiger partial charge >= 0.3 is 0 Å². The highest BCUT2D eigenvalue weighted by molar-refractivity contribution is 5.84. The van der Waals surface area contributed by atoms with E-state index in [-0.39, 0.29) is 17.8 Å². The quantitative estimate of drug-likeness (QED) is 0.828. The summed E-state index contributed by atoms with van der Waals surface area (Å²) in [7, 11) is 0. The minimum atomic E-state index is -0.435. The van der Waals surface area contributed by atoms with Crippen LogP contribution in [0.1, 0.15) is 45.4 Å². The summed E-state index contributed by atoms with van der Waals surface area (Å²) in [6.07, 6.45) is 6.99. The van der Waals surface area contributed by atoms with Crippen molar-refractivity contribution in [2.24, 2.45) is 0 Å². The van der Waals surface area contributed by atoms with Gasteiger partial charge in [-0.3, -0.25) is 4.79 Å². The molecule has 0 saturated heterocycles. The number of anilines is 1. The number of carbonyl (C=O) groups is 1. The maximum Gasteiger partial charge on any atom is 0.242 e. The van der Waals surface area contributed by atoms with Crippen LogP contribution in [-0.2, 0) is 4.79 Å². The van der Waals surface area contributed by atoms with Crippen molar-refractivity contribution in [1.29, 1.82) is 0 Å². The van der Waals surface area contributed by atoms with E-state index in [0.29, 0.717) is 5.69 Å². The van der Waals surface area contributed by atoms with Gasteiger partial charge in [0, 0.05) is 6.04 Å². The molecule has 1 atom stereocenters. The number of hydrogen-bond donors (Lipinski definition) is 2. The van der Waals surface area contributed by atoms with Crippen molar-refractivity contribution in [1.82, 2.24) is 5.32 Å². The molecule has 20 heavy (non-hydrogen) atoms. The van der Waals surface area contributed by atoms with E-state index < -0.39 is 6.04 Å². The van der Waals surface area contributed by atoms with E-state index in [1.54, 1.807) is 25.1 Å². The van der Waals surface area contributed by atoms with E-state index in [9.17, 15) is 9.18 Å². The lowest BCUT2D eigenvalue weighted by molar-refractivity contribution is -0.122. The topological polar surface area (TPSA) is 41.1 Å². The molecule has 0 spiro atoms. The third-order valence-electron chi connectivity index (χ3n) is 3.84. The van der Waals surface area contributed by atoms with Gasteiger partial charge in [0.1, 0.15) is 11.9 Å². The highest BCUT2D eigenvalue weighted by Crippen LogP contribution is 2.18. The molecule has 1 aromatic carbocycles. The average molecular weight is 278 g/mol. The first-order valence-corrected chi connectivity index (χ1v) is 7.48. The molecular formula is C16H23FN2O. The standard InChI is InChI=1S/C16H23FN2O/c1-12(18-15-11-7-6-10-14(15)17)16(20)19-13-8-4-2-3-5-9-13/h6-7,10-13,18H,2-5,8-9H2,1H3,(H,19,20). The van der Waals surface area contributed by atoms with Gasteiger partial charge in [-0.1, -0.05) is 37.8 Å². The first kappa shape index (κ1) is 14.8. The van der Waals surface area contributed by atoms with Crippen LogP contribution in [0.15, 0.2) is 24.3 Å². The fourth-order valence-electron chi connectivity index (χ4n) is 2.63. The summed E-state index contributed by atoms with van der Waals surface area (Å²) < 4.78 is 13.5. The Bertz CT molecular complexity index is 442. The number of halogens is 1. The maximum absolute atomic E-state index is 13.5. The van der Waals surface area contributed by atoms with Gasteiger partial charge in [-0.15, -0.1) is 0 Å². The average Bonchev–Trinajstić information content (AvgIpc) is 2.70. The first-order chi connectivity index (χ1) is 9.66. The van der Waals surface area contributed by atoms with Crippen LogP contribution in [0.25, 0.3) is 0 Å². The second-order valence-corrected chi connectivity index (χ2v) is 5.54. The minimum absolute atomic E-state index is 0.0554. The number of hydrogen-bond acceptors (Lipinski definition) is 2. The predicted octanol–water partition coefficient (Wildman–Crippen LogP) is 3.47. The van der Waals surface area contributed by atoms with E-state index in [2.05, 4.69) is 10.6 Å². The normalized spacial score (nSPS) is 18.1. The van der Waals surface area contributed by atoms with E-state index in [1.807, 2.05) is 0 Å². The molecule has 1 aliphatic carbocycles. The highest BCUT2D eigenvalue weighted by atomic mass is 19.1. The Kier molecular flexibility index (Phi) is 5.39. The Morgan fingerprint density at radius 2 is 1.85 bits per heavy atom. The van der Waals surface area contributed by atoms with Crippen LogP contribution in [0.5, 0.6) is 0 Å². The summed E-state index contributed by atoms with van der Waals surface area (Å²) in [4.78, 5) is 12.1. The van der Waals surface area contributed by atoms with Crippen molar-refractivity contribution >= 4 is 11.6 Å². The van der Waals surface area contributed by atoms with Gasteiger partial charge in [0.2, 0.25) is 5.91 Å². The van der Waals surface area contributed by atoms with Gasteiger partial charge < -0.3 is 10.6 Å². The van der Waals surface area contributed by atoms with Crippen molar-refractivity contribution in [3.8, 4) is 0 Å². The molecule has 0 radical (unpaired) electrons. The maximum atomic E-state index is 13.5. The third kappa shape index (κ3) is 4.22. The molecule has 1 fully saturated rings. The highest BCUT2D eigenvalue weighted by Gasteiger charge is 2.19. The van der Waals surface area contributed by atoms with Crippen molar-refractivity contribution in [3.05, 3.63) is 30.1 Å². The van der Waals surface area contributed by atoms with Gasteiger partial charge in [-0.25, -0.2) is 4.39 Å². The Balaban J connectivity index is 1.87. The van der Waals surface area contributed by atoms with Crippen LogP contribution in [0.4, 0.5) is 10.1 Å². The van der Waals surface area contributed by atoms with Crippen LogP contribution >= 0.6 is 0 Å². The number of rotatable bonds is 4. The Morgan fingerprint density at radius 1 is 1.20 bits per heavy atom. The van der Waals surface area contributed by atoms with E-state index in [4.69, 9.17) is 0 Å². The van der Waals surface area contributed by atoms with Gasteiger partial charge in [0.15, 0.2) is 0 Å². The van der Waals surface area contributed by atoms with E-state index >= 15 is 0 Å². The minimum Gasteiger partial charge on any atom is -0.372 e. The molecule has 2 N–H and O–H groups in total. The van der Waals surface area contributed by atoms with Crippen molar-refractivity contribution in [2.45, 2.75) is 57.5 Å². The van der Waals surface area contributed by atoms with Crippen LogP contribution in [0, 0.1) is 5.82 Å². The molecule has 4 heteroatoms. The third-order valence-corrected chi connectivity index (χ3v) is 3.84. The first-order valence-electron chi connectivity index (χ1n) is 7.48. The van der Waals surface area contributed by atoms with Crippen LogP contribution in [-0.4, -0.2) is 18.0 Å². The zero-order valence-corrected chi connectivity index (χ0v) is 12.0.